The summed E-state index contributed by atoms with van der Waals surface area (Å²) in [4.78, 5) is 0. The van der Waals surface area contributed by atoms with Gasteiger partial charge in [0.15, 0.2) is 0 Å². The summed E-state index contributed by atoms with van der Waals surface area (Å²) in [6.07, 6.45) is 0.841. The molecule has 0 nitrogen and oxygen atoms in total. The normalized spacial score (nSPS) is 11.5. The van der Waals surface area contributed by atoms with Gasteiger partial charge in [-0.05, 0) is 23.8 Å². The predicted octanol–water partition coefficient (Wildman–Crippen LogP) is 0.992. The van der Waals surface area contributed by atoms with E-state index in [2.05, 4.69) is 15.9 Å². The van der Waals surface area contributed by atoms with Crippen LogP contribution < -0.4 is 51.4 Å². The van der Waals surface area contributed by atoms with E-state index >= 15 is 0 Å². The molecule has 0 unspecified atom stereocenters. The minimum Gasteiger partial charge on any atom is -0.445 e. The summed E-state index contributed by atoms with van der Waals surface area (Å²) in [5.41, 5.74) is 0.177. The molecule has 0 amide bonds. The molecule has 0 radical (unpaired) electrons. The van der Waals surface area contributed by atoms with E-state index in [0.717, 1.165) is 12.1 Å². The maximum atomic E-state index is 12.7. The molecular weight excluding hydrogens is 302 g/mol. The molecule has 0 spiro atoms. The van der Waals surface area contributed by atoms with Crippen LogP contribution in [0.15, 0.2) is 28.6 Å². The van der Waals surface area contributed by atoms with E-state index in [1.54, 1.807) is 0 Å². The van der Waals surface area contributed by atoms with Crippen LogP contribution in [-0.2, 0) is 0 Å². The van der Waals surface area contributed by atoms with Gasteiger partial charge < -0.3 is 12.9 Å². The zero-order valence-corrected chi connectivity index (χ0v) is 12.6. The first-order chi connectivity index (χ1) is 6.37. The summed E-state index contributed by atoms with van der Waals surface area (Å²) >= 11 is 2.98. The predicted molar refractivity (Wildman–Crippen MR) is 52.2 cm³/mol. The summed E-state index contributed by atoms with van der Waals surface area (Å²) in [6, 6.07) is 3.61. The molecule has 0 aliphatic rings. The Hall–Kier alpha value is 0.861. The molecule has 0 atom stereocenters. The van der Waals surface area contributed by atoms with Crippen LogP contribution in [0.2, 0.25) is 0 Å². The minimum absolute atomic E-state index is 0. The van der Waals surface area contributed by atoms with Crippen LogP contribution in [0.5, 0.6) is 0 Å². The topological polar surface area (TPSA) is 0 Å². The Kier molecular flexibility index (Phi) is 6.94. The summed E-state index contributed by atoms with van der Waals surface area (Å²) < 4.78 is 48.6. The zero-order valence-electron chi connectivity index (χ0n) is 7.85. The molecule has 0 aromatic heterocycles. The van der Waals surface area contributed by atoms with Crippen LogP contribution >= 0.6 is 15.9 Å². The average molecular weight is 307 g/mol. The second-order valence-electron chi connectivity index (χ2n) is 2.69. The van der Waals surface area contributed by atoms with Crippen molar-refractivity contribution in [1.29, 1.82) is 0 Å². The Balaban J connectivity index is 0.00000196. The molecule has 0 bridgehead atoms. The summed E-state index contributed by atoms with van der Waals surface area (Å²) in [5.74, 6) is -0.449. The summed E-state index contributed by atoms with van der Waals surface area (Å²) in [6.45, 7) is -4.97. The van der Waals surface area contributed by atoms with Gasteiger partial charge in [-0.3, -0.25) is 0 Å². The Morgan fingerprint density at radius 3 is 2.20 bits per heavy atom. The van der Waals surface area contributed by atoms with E-state index in [4.69, 9.17) is 0 Å². The second-order valence-corrected chi connectivity index (χ2v) is 3.60. The number of rotatable bonds is 2. The average Bonchev–Trinajstić information content (AvgIpc) is 1.97. The van der Waals surface area contributed by atoms with Crippen LogP contribution in [0.4, 0.5) is 17.3 Å². The number of halogens is 5. The molecule has 76 valence electrons. The monoisotopic (exact) mass is 306 g/mol. The quantitative estimate of drug-likeness (QED) is 0.565. The van der Waals surface area contributed by atoms with Gasteiger partial charge in [0, 0.05) is 4.47 Å². The number of benzene rings is 1. The molecule has 0 saturated heterocycles. The molecule has 0 saturated carbocycles. The molecule has 1 rings (SSSR count). The zero-order chi connectivity index (χ0) is 10.8. The van der Waals surface area contributed by atoms with E-state index in [1.165, 1.54) is 12.1 Å². The summed E-state index contributed by atoms with van der Waals surface area (Å²) in [5, 5.41) is 0. The Morgan fingerprint density at radius 1 is 1.13 bits per heavy atom. The maximum absolute atomic E-state index is 12.7. The summed E-state index contributed by atoms with van der Waals surface area (Å²) in [7, 11) is 0. The van der Waals surface area contributed by atoms with Gasteiger partial charge >= 0.3 is 58.4 Å². The Labute approximate surface area is 136 Å². The molecular formula is C8H5BBrF4K. The molecule has 0 N–H and O–H groups in total. The van der Waals surface area contributed by atoms with Crippen LogP contribution in [0.3, 0.4) is 0 Å². The van der Waals surface area contributed by atoms with E-state index in [-0.39, 0.29) is 62.9 Å². The van der Waals surface area contributed by atoms with Gasteiger partial charge in [-0.15, -0.1) is 5.98 Å². The molecule has 1 aromatic carbocycles. The van der Waals surface area contributed by atoms with Gasteiger partial charge in [0.25, 0.3) is 0 Å². The van der Waals surface area contributed by atoms with Gasteiger partial charge in [0.05, 0.1) is 0 Å². The first kappa shape index (κ1) is 15.9. The first-order valence-corrected chi connectivity index (χ1v) is 4.51. The third-order valence-corrected chi connectivity index (χ3v) is 1.85. The van der Waals surface area contributed by atoms with Crippen molar-refractivity contribution >= 4 is 29.0 Å². The number of hydrogen-bond acceptors (Lipinski definition) is 0. The van der Waals surface area contributed by atoms with Gasteiger partial charge in [-0.2, -0.15) is 0 Å². The molecule has 15 heavy (non-hydrogen) atoms. The van der Waals surface area contributed by atoms with Gasteiger partial charge in [-0.25, -0.2) is 4.39 Å². The maximum Gasteiger partial charge on any atom is 1.00 e. The third-order valence-electron chi connectivity index (χ3n) is 1.39. The largest absolute Gasteiger partial charge is 1.00 e. The van der Waals surface area contributed by atoms with Crippen LogP contribution in [0.25, 0.3) is 6.08 Å². The van der Waals surface area contributed by atoms with Crippen molar-refractivity contribution in [2.75, 3.05) is 0 Å². The Bertz CT molecular complexity index is 344. The van der Waals surface area contributed by atoms with Crippen LogP contribution in [-0.4, -0.2) is 6.98 Å². The van der Waals surface area contributed by atoms with Gasteiger partial charge in [-0.1, -0.05) is 22.0 Å². The van der Waals surface area contributed by atoms with Gasteiger partial charge in [0.2, 0.25) is 0 Å². The molecule has 0 aliphatic heterocycles. The van der Waals surface area contributed by atoms with Crippen molar-refractivity contribution < 1.29 is 68.7 Å². The van der Waals surface area contributed by atoms with Crippen molar-refractivity contribution in [2.45, 2.75) is 0 Å². The molecule has 0 fully saturated rings. The molecule has 7 heteroatoms. The van der Waals surface area contributed by atoms with Crippen molar-refractivity contribution in [1.82, 2.24) is 0 Å². The SMILES string of the molecule is Fc1cc(Br)cc(/C=C/[B-](F)(F)F)c1.[K+]. The van der Waals surface area contributed by atoms with Crippen LogP contribution in [0.1, 0.15) is 5.56 Å². The molecule has 0 aliphatic carbocycles. The van der Waals surface area contributed by atoms with Gasteiger partial charge in [0.1, 0.15) is 5.82 Å². The fourth-order valence-electron chi connectivity index (χ4n) is 0.892. The fraction of sp³-hybridized carbons (Fsp3) is 0. The van der Waals surface area contributed by atoms with Crippen LogP contribution in [0, 0.1) is 5.82 Å². The smallest absolute Gasteiger partial charge is 0.445 e. The molecule has 0 heterocycles. The minimum atomic E-state index is -4.97. The van der Waals surface area contributed by atoms with E-state index in [1.807, 2.05) is 0 Å². The standard InChI is InChI=1S/C8H5BBrF4.K/c10-7-3-6(4-8(11)5-7)1-2-9(12,13)14;/h1-5H;/q-1;+1/b2-1+;. The third kappa shape index (κ3) is 6.91. The van der Waals surface area contributed by atoms with E-state index < -0.39 is 12.8 Å². The second kappa shape index (κ2) is 6.56. The van der Waals surface area contributed by atoms with Crippen molar-refractivity contribution in [3.05, 3.63) is 40.0 Å². The Morgan fingerprint density at radius 2 is 1.73 bits per heavy atom. The molecule has 1 aromatic rings. The van der Waals surface area contributed by atoms with E-state index in [0.29, 0.717) is 4.47 Å². The number of hydrogen-bond donors (Lipinski definition) is 0. The fourth-order valence-corrected chi connectivity index (χ4v) is 1.37. The van der Waals surface area contributed by atoms with Crippen molar-refractivity contribution in [3.8, 4) is 0 Å². The van der Waals surface area contributed by atoms with Crippen molar-refractivity contribution in [2.24, 2.45) is 0 Å². The first-order valence-electron chi connectivity index (χ1n) is 3.72. The van der Waals surface area contributed by atoms with Crippen molar-refractivity contribution in [3.63, 3.8) is 0 Å². The van der Waals surface area contributed by atoms with E-state index in [9.17, 15) is 17.3 Å².